The third-order valence-corrected chi connectivity index (χ3v) is 4.23. The van der Waals surface area contributed by atoms with Crippen molar-refractivity contribution < 1.29 is 17.3 Å². The molecule has 23 heavy (non-hydrogen) atoms. The number of hydrogen-bond acceptors (Lipinski definition) is 0. The summed E-state index contributed by atoms with van der Waals surface area (Å²) in [5, 5.41) is 0.788. The van der Waals surface area contributed by atoms with Crippen LogP contribution in [0, 0.1) is 0 Å². The minimum atomic E-state index is 0. The third kappa shape index (κ3) is 4.06. The molecule has 3 heteroatoms. The predicted molar refractivity (Wildman–Crippen MR) is 96.2 cm³/mol. The van der Waals surface area contributed by atoms with E-state index in [0.29, 0.717) is 0 Å². The first kappa shape index (κ1) is 17.8. The van der Waals surface area contributed by atoms with E-state index in [2.05, 4.69) is 68.7 Å². The van der Waals surface area contributed by atoms with Gasteiger partial charge in [0.1, 0.15) is 0 Å². The summed E-state index contributed by atoms with van der Waals surface area (Å²) in [4.78, 5) is 1.46. The highest BCUT2D eigenvalue weighted by Crippen LogP contribution is 2.35. The van der Waals surface area contributed by atoms with Crippen molar-refractivity contribution in [3.05, 3.63) is 75.8 Å². The van der Waals surface area contributed by atoms with E-state index < -0.39 is 0 Å². The van der Waals surface area contributed by atoms with Crippen molar-refractivity contribution in [3.8, 4) is 0 Å². The third-order valence-electron chi connectivity index (χ3n) is 3.99. The van der Waals surface area contributed by atoms with E-state index in [1.807, 2.05) is 6.07 Å². The zero-order valence-corrected chi connectivity index (χ0v) is 15.0. The maximum absolute atomic E-state index is 6.25. The summed E-state index contributed by atoms with van der Waals surface area (Å²) in [6, 6.07) is 14.7. The maximum Gasteiger partial charge on any atom is 0.0802 e. The largest absolute Gasteiger partial charge is 1.00 e. The molecule has 0 amide bonds. The second kappa shape index (κ2) is 7.83. The zero-order valence-electron chi connectivity index (χ0n) is 13.4. The van der Waals surface area contributed by atoms with Gasteiger partial charge in [0.15, 0.2) is 0 Å². The van der Waals surface area contributed by atoms with Gasteiger partial charge in [-0.2, -0.15) is 0 Å². The van der Waals surface area contributed by atoms with Gasteiger partial charge in [-0.15, -0.1) is 0 Å². The van der Waals surface area contributed by atoms with E-state index in [0.717, 1.165) is 18.0 Å². The number of hydrogen-bond donors (Lipinski definition) is 1. The molecular weight excluding hydrogens is 325 g/mol. The highest BCUT2D eigenvalue weighted by atomic mass is 35.5. The second-order valence-corrected chi connectivity index (χ2v) is 6.45. The Labute approximate surface area is 149 Å². The van der Waals surface area contributed by atoms with Crippen molar-refractivity contribution in [1.82, 2.24) is 0 Å². The van der Waals surface area contributed by atoms with Crippen molar-refractivity contribution in [2.75, 3.05) is 20.6 Å². The van der Waals surface area contributed by atoms with Gasteiger partial charge in [-0.05, 0) is 40.0 Å². The summed E-state index contributed by atoms with van der Waals surface area (Å²) in [5.74, 6) is 0. The molecule has 2 aromatic carbocycles. The second-order valence-electron chi connectivity index (χ2n) is 6.02. The molecule has 120 valence electrons. The number of halogens is 2. The van der Waals surface area contributed by atoms with Crippen LogP contribution >= 0.6 is 11.6 Å². The standard InChI is InChI=1S/C20H20ClN.ClH/c1-22(2)13-5-8-19-18-7-4-3-6-15(18)9-10-16-11-12-17(21)14-20(16)19;/h3-4,6-12,14H,5,13H2,1-2H3;1H/b19-8-;. The molecule has 0 spiro atoms. The number of rotatable bonds is 3. The summed E-state index contributed by atoms with van der Waals surface area (Å²) in [7, 11) is 4.37. The van der Waals surface area contributed by atoms with Crippen LogP contribution in [-0.4, -0.2) is 20.6 Å². The molecule has 0 saturated heterocycles. The average molecular weight is 346 g/mol. The van der Waals surface area contributed by atoms with Crippen molar-refractivity contribution >= 4 is 29.3 Å². The average Bonchev–Trinajstić information content (AvgIpc) is 2.65. The molecule has 0 saturated carbocycles. The lowest BCUT2D eigenvalue weighted by atomic mass is 9.93. The van der Waals surface area contributed by atoms with Gasteiger partial charge in [0.05, 0.1) is 20.6 Å². The van der Waals surface area contributed by atoms with Crippen LogP contribution < -0.4 is 17.3 Å². The minimum Gasteiger partial charge on any atom is -1.00 e. The molecule has 1 nitrogen and oxygen atoms in total. The van der Waals surface area contributed by atoms with E-state index in [-0.39, 0.29) is 12.4 Å². The van der Waals surface area contributed by atoms with Crippen molar-refractivity contribution in [2.24, 2.45) is 0 Å². The van der Waals surface area contributed by atoms with Gasteiger partial charge in [0, 0.05) is 11.4 Å². The van der Waals surface area contributed by atoms with Crippen molar-refractivity contribution in [3.63, 3.8) is 0 Å². The normalized spacial score (nSPS) is 14.2. The van der Waals surface area contributed by atoms with Crippen LogP contribution in [-0.2, 0) is 0 Å². The molecule has 2 aromatic rings. The van der Waals surface area contributed by atoms with Crippen LogP contribution in [0.3, 0.4) is 0 Å². The van der Waals surface area contributed by atoms with Gasteiger partial charge in [-0.1, -0.05) is 60.2 Å². The fourth-order valence-electron chi connectivity index (χ4n) is 2.84. The minimum absolute atomic E-state index is 0. The number of quaternary nitrogens is 1. The lowest BCUT2D eigenvalue weighted by molar-refractivity contribution is -0.857. The van der Waals surface area contributed by atoms with Gasteiger partial charge >= 0.3 is 0 Å². The number of nitrogens with one attached hydrogen (secondary N) is 1. The molecule has 0 radical (unpaired) electrons. The summed E-state index contributed by atoms with van der Waals surface area (Å²) >= 11 is 6.25. The van der Waals surface area contributed by atoms with Crippen molar-refractivity contribution in [1.29, 1.82) is 0 Å². The lowest BCUT2D eigenvalue weighted by Crippen LogP contribution is -3.05. The fraction of sp³-hybridized carbons (Fsp3) is 0.200. The Morgan fingerprint density at radius 3 is 2.39 bits per heavy atom. The summed E-state index contributed by atoms with van der Waals surface area (Å²) in [5.41, 5.74) is 6.29. The Bertz CT molecular complexity index is 745. The van der Waals surface area contributed by atoms with E-state index in [9.17, 15) is 0 Å². The van der Waals surface area contributed by atoms with Crippen LogP contribution in [0.25, 0.3) is 17.7 Å². The first-order valence-electron chi connectivity index (χ1n) is 7.72. The Hall–Kier alpha value is -1.54. The van der Waals surface area contributed by atoms with Gasteiger partial charge in [-0.3, -0.25) is 0 Å². The smallest absolute Gasteiger partial charge is 0.0802 e. The maximum atomic E-state index is 6.25. The van der Waals surface area contributed by atoms with Gasteiger partial charge < -0.3 is 17.3 Å². The Kier molecular flexibility index (Phi) is 6.06. The number of fused-ring (bicyclic) bond motifs is 2. The van der Waals surface area contributed by atoms with E-state index in [1.165, 1.54) is 32.7 Å². The molecule has 3 rings (SSSR count). The Morgan fingerprint density at radius 2 is 1.65 bits per heavy atom. The first-order valence-corrected chi connectivity index (χ1v) is 8.09. The molecule has 0 bridgehead atoms. The summed E-state index contributed by atoms with van der Waals surface area (Å²) < 4.78 is 0. The van der Waals surface area contributed by atoms with E-state index in [1.54, 1.807) is 0 Å². The van der Waals surface area contributed by atoms with Gasteiger partial charge in [0.2, 0.25) is 0 Å². The van der Waals surface area contributed by atoms with E-state index >= 15 is 0 Å². The molecule has 1 aliphatic rings. The number of benzene rings is 2. The van der Waals surface area contributed by atoms with Crippen molar-refractivity contribution in [2.45, 2.75) is 6.42 Å². The fourth-order valence-corrected chi connectivity index (χ4v) is 3.02. The molecule has 0 aromatic heterocycles. The van der Waals surface area contributed by atoms with E-state index in [4.69, 9.17) is 11.6 Å². The SMILES string of the molecule is C[NH+](C)CC/C=C1/c2ccccc2C=Cc2ccc(Cl)cc21.[Cl-]. The molecule has 0 unspecified atom stereocenters. The topological polar surface area (TPSA) is 4.44 Å². The van der Waals surface area contributed by atoms with Crippen LogP contribution in [0.15, 0.2) is 48.5 Å². The quantitative estimate of drug-likeness (QED) is 0.716. The molecule has 0 fully saturated rings. The van der Waals surface area contributed by atoms with Crippen LogP contribution in [0.4, 0.5) is 0 Å². The highest BCUT2D eigenvalue weighted by molar-refractivity contribution is 6.30. The lowest BCUT2D eigenvalue weighted by Gasteiger charge is -2.13. The molecule has 1 N–H and O–H groups in total. The first-order chi connectivity index (χ1) is 10.6. The van der Waals surface area contributed by atoms with Gasteiger partial charge in [0.25, 0.3) is 0 Å². The monoisotopic (exact) mass is 345 g/mol. The predicted octanol–water partition coefficient (Wildman–Crippen LogP) is 0.794. The van der Waals surface area contributed by atoms with Crippen LogP contribution in [0.1, 0.15) is 28.7 Å². The Morgan fingerprint density at radius 1 is 0.957 bits per heavy atom. The highest BCUT2D eigenvalue weighted by Gasteiger charge is 2.15. The molecule has 0 heterocycles. The molecule has 1 aliphatic carbocycles. The molecule has 0 aliphatic heterocycles. The van der Waals surface area contributed by atoms with Gasteiger partial charge in [-0.25, -0.2) is 0 Å². The molecular formula is C20H21Cl2N. The zero-order chi connectivity index (χ0) is 15.5. The Balaban J connectivity index is 0.00000192. The van der Waals surface area contributed by atoms with Crippen LogP contribution in [0.2, 0.25) is 5.02 Å². The van der Waals surface area contributed by atoms with Crippen LogP contribution in [0.5, 0.6) is 0 Å². The summed E-state index contributed by atoms with van der Waals surface area (Å²) in [6.07, 6.45) is 7.79. The molecule has 0 atom stereocenters. The summed E-state index contributed by atoms with van der Waals surface area (Å²) in [6.45, 7) is 1.12.